The van der Waals surface area contributed by atoms with Crippen molar-refractivity contribution in [3.05, 3.63) is 47.5 Å². The molecule has 0 spiro atoms. The number of sulfone groups is 1. The Kier molecular flexibility index (Phi) is 3.53. The Morgan fingerprint density at radius 1 is 1.05 bits per heavy atom. The summed E-state index contributed by atoms with van der Waals surface area (Å²) in [6.45, 7) is 3.63. The standard InChI is InChI=1S/C13H15N3O2S/c1-9-7-10(2)16-13(15-9)8-19(17,18)12-5-3-11(14)4-6-12/h3-7H,8,14H2,1-2H3. The molecule has 19 heavy (non-hydrogen) atoms. The van der Waals surface area contributed by atoms with E-state index in [-0.39, 0.29) is 10.6 Å². The number of aromatic nitrogens is 2. The van der Waals surface area contributed by atoms with E-state index in [1.807, 2.05) is 13.8 Å². The molecule has 0 saturated carbocycles. The largest absolute Gasteiger partial charge is 0.399 e. The van der Waals surface area contributed by atoms with E-state index in [9.17, 15) is 8.42 Å². The highest BCUT2D eigenvalue weighted by molar-refractivity contribution is 7.90. The van der Waals surface area contributed by atoms with Crippen LogP contribution in [-0.4, -0.2) is 18.4 Å². The molecule has 0 atom stereocenters. The second-order valence-electron chi connectivity index (χ2n) is 4.40. The lowest BCUT2D eigenvalue weighted by Crippen LogP contribution is -2.09. The van der Waals surface area contributed by atoms with E-state index in [4.69, 9.17) is 5.73 Å². The average molecular weight is 277 g/mol. The molecule has 5 nitrogen and oxygen atoms in total. The predicted octanol–water partition coefficient (Wildman–Crippen LogP) is 1.65. The van der Waals surface area contributed by atoms with E-state index in [0.29, 0.717) is 11.5 Å². The summed E-state index contributed by atoms with van der Waals surface area (Å²) >= 11 is 0. The van der Waals surface area contributed by atoms with E-state index in [1.165, 1.54) is 12.1 Å². The summed E-state index contributed by atoms with van der Waals surface area (Å²) in [6.07, 6.45) is 0. The summed E-state index contributed by atoms with van der Waals surface area (Å²) in [5, 5.41) is 0. The van der Waals surface area contributed by atoms with E-state index in [0.717, 1.165) is 11.4 Å². The van der Waals surface area contributed by atoms with Crippen molar-refractivity contribution in [1.82, 2.24) is 9.97 Å². The van der Waals surface area contributed by atoms with Crippen LogP contribution < -0.4 is 5.73 Å². The number of benzene rings is 1. The van der Waals surface area contributed by atoms with Gasteiger partial charge in [0, 0.05) is 17.1 Å². The first kappa shape index (κ1) is 13.5. The van der Waals surface area contributed by atoms with Crippen LogP contribution in [0.25, 0.3) is 0 Å². The lowest BCUT2D eigenvalue weighted by molar-refractivity contribution is 0.593. The van der Waals surface area contributed by atoms with Gasteiger partial charge in [0.1, 0.15) is 11.6 Å². The normalized spacial score (nSPS) is 11.5. The maximum absolute atomic E-state index is 12.2. The zero-order valence-electron chi connectivity index (χ0n) is 10.8. The van der Waals surface area contributed by atoms with Gasteiger partial charge in [0.2, 0.25) is 0 Å². The first-order valence-electron chi connectivity index (χ1n) is 5.76. The number of anilines is 1. The fourth-order valence-corrected chi connectivity index (χ4v) is 2.98. The van der Waals surface area contributed by atoms with Gasteiger partial charge in [-0.2, -0.15) is 0 Å². The van der Waals surface area contributed by atoms with E-state index in [2.05, 4.69) is 9.97 Å². The van der Waals surface area contributed by atoms with Crippen LogP contribution >= 0.6 is 0 Å². The van der Waals surface area contributed by atoms with Gasteiger partial charge < -0.3 is 5.73 Å². The van der Waals surface area contributed by atoms with Gasteiger partial charge in [-0.15, -0.1) is 0 Å². The molecule has 6 heteroatoms. The number of aryl methyl sites for hydroxylation is 2. The van der Waals surface area contributed by atoms with Crippen LogP contribution in [0, 0.1) is 13.8 Å². The molecule has 0 fully saturated rings. The molecule has 1 heterocycles. The van der Waals surface area contributed by atoms with Crippen molar-refractivity contribution in [2.24, 2.45) is 0 Å². The summed E-state index contributed by atoms with van der Waals surface area (Å²) in [7, 11) is -3.44. The smallest absolute Gasteiger partial charge is 0.185 e. The Morgan fingerprint density at radius 3 is 2.11 bits per heavy atom. The first-order chi connectivity index (χ1) is 8.87. The second kappa shape index (κ2) is 4.97. The van der Waals surface area contributed by atoms with Crippen LogP contribution in [0.3, 0.4) is 0 Å². The van der Waals surface area contributed by atoms with Crippen molar-refractivity contribution >= 4 is 15.5 Å². The van der Waals surface area contributed by atoms with Gasteiger partial charge in [-0.3, -0.25) is 0 Å². The van der Waals surface area contributed by atoms with Crippen LogP contribution in [0.2, 0.25) is 0 Å². The number of nitrogen functional groups attached to an aromatic ring is 1. The minimum atomic E-state index is -3.44. The van der Waals surface area contributed by atoms with Crippen molar-refractivity contribution in [2.45, 2.75) is 24.5 Å². The zero-order chi connectivity index (χ0) is 14.0. The highest BCUT2D eigenvalue weighted by Gasteiger charge is 2.17. The Morgan fingerprint density at radius 2 is 1.58 bits per heavy atom. The monoisotopic (exact) mass is 277 g/mol. The summed E-state index contributed by atoms with van der Waals surface area (Å²) < 4.78 is 24.4. The summed E-state index contributed by atoms with van der Waals surface area (Å²) in [6, 6.07) is 7.92. The molecule has 1 aromatic carbocycles. The van der Waals surface area contributed by atoms with Gasteiger partial charge in [0.05, 0.1) is 4.90 Å². The molecule has 2 N–H and O–H groups in total. The molecule has 0 amide bonds. The van der Waals surface area contributed by atoms with Gasteiger partial charge in [-0.1, -0.05) is 0 Å². The zero-order valence-corrected chi connectivity index (χ0v) is 11.6. The molecule has 0 aliphatic rings. The molecule has 0 aliphatic carbocycles. The summed E-state index contributed by atoms with van der Waals surface area (Å²) in [5.41, 5.74) is 7.59. The Hall–Kier alpha value is -1.95. The molecule has 1 aromatic heterocycles. The average Bonchev–Trinajstić information content (AvgIpc) is 2.27. The Labute approximate surface area is 112 Å². The predicted molar refractivity (Wildman–Crippen MR) is 73.3 cm³/mol. The molecule has 2 rings (SSSR count). The lowest BCUT2D eigenvalue weighted by atomic mass is 10.3. The van der Waals surface area contributed by atoms with Crippen molar-refractivity contribution in [1.29, 1.82) is 0 Å². The fourth-order valence-electron chi connectivity index (χ4n) is 1.79. The molecule has 100 valence electrons. The second-order valence-corrected chi connectivity index (χ2v) is 6.38. The minimum absolute atomic E-state index is 0.209. The molecule has 0 saturated heterocycles. The van der Waals surface area contributed by atoms with Crippen LogP contribution in [-0.2, 0) is 15.6 Å². The number of nitrogens with two attached hydrogens (primary N) is 1. The third-order valence-corrected chi connectivity index (χ3v) is 4.22. The van der Waals surface area contributed by atoms with E-state index < -0.39 is 9.84 Å². The van der Waals surface area contributed by atoms with Crippen LogP contribution in [0.1, 0.15) is 17.2 Å². The SMILES string of the molecule is Cc1cc(C)nc(CS(=O)(=O)c2ccc(N)cc2)n1. The molecular formula is C13H15N3O2S. The summed E-state index contributed by atoms with van der Waals surface area (Å²) in [5.74, 6) is 0.105. The highest BCUT2D eigenvalue weighted by atomic mass is 32.2. The van der Waals surface area contributed by atoms with Gasteiger partial charge in [-0.05, 0) is 44.2 Å². The minimum Gasteiger partial charge on any atom is -0.399 e. The van der Waals surface area contributed by atoms with Crippen LogP contribution in [0.4, 0.5) is 5.69 Å². The molecule has 0 radical (unpaired) electrons. The van der Waals surface area contributed by atoms with Crippen molar-refractivity contribution in [3.63, 3.8) is 0 Å². The molecule has 2 aromatic rings. The van der Waals surface area contributed by atoms with Crippen molar-refractivity contribution in [3.8, 4) is 0 Å². The third kappa shape index (κ3) is 3.29. The number of rotatable bonds is 3. The maximum atomic E-state index is 12.2. The van der Waals surface area contributed by atoms with Gasteiger partial charge in [0.25, 0.3) is 0 Å². The Balaban J connectivity index is 2.33. The van der Waals surface area contributed by atoms with Crippen molar-refractivity contribution in [2.75, 3.05) is 5.73 Å². The van der Waals surface area contributed by atoms with Gasteiger partial charge >= 0.3 is 0 Å². The van der Waals surface area contributed by atoms with E-state index in [1.54, 1.807) is 18.2 Å². The Bertz CT molecular complexity index is 674. The quantitative estimate of drug-likeness (QED) is 0.862. The van der Waals surface area contributed by atoms with Crippen LogP contribution in [0.5, 0.6) is 0 Å². The molecular weight excluding hydrogens is 262 g/mol. The third-order valence-electron chi connectivity index (χ3n) is 2.59. The molecule has 0 unspecified atom stereocenters. The van der Waals surface area contributed by atoms with E-state index >= 15 is 0 Å². The highest BCUT2D eigenvalue weighted by Crippen LogP contribution is 2.16. The lowest BCUT2D eigenvalue weighted by Gasteiger charge is -2.05. The fraction of sp³-hybridized carbons (Fsp3) is 0.231. The number of hydrogen-bond acceptors (Lipinski definition) is 5. The maximum Gasteiger partial charge on any atom is 0.185 e. The molecule has 0 aliphatic heterocycles. The van der Waals surface area contributed by atoms with Crippen LogP contribution in [0.15, 0.2) is 35.2 Å². The summed E-state index contributed by atoms with van der Waals surface area (Å²) in [4.78, 5) is 8.52. The van der Waals surface area contributed by atoms with Gasteiger partial charge in [-0.25, -0.2) is 18.4 Å². The number of hydrogen-bond donors (Lipinski definition) is 1. The van der Waals surface area contributed by atoms with Crippen molar-refractivity contribution < 1.29 is 8.42 Å². The first-order valence-corrected chi connectivity index (χ1v) is 7.41. The van der Waals surface area contributed by atoms with Gasteiger partial charge in [0.15, 0.2) is 9.84 Å². The number of nitrogens with zero attached hydrogens (tertiary/aromatic N) is 2. The topological polar surface area (TPSA) is 85.9 Å². The molecule has 0 bridgehead atoms.